The number of carbonyl (C=O) groups is 3. The molecule has 0 bridgehead atoms. The first-order valence-electron chi connectivity index (χ1n) is 11.3. The molecule has 1 aromatic rings. The van der Waals surface area contributed by atoms with Crippen molar-refractivity contribution in [3.63, 3.8) is 0 Å². The standard InChI is InChI=1S/C23H35FN4O3/c1-3-12-27(13-4-2)22(30)6-5-7-23(31)28-16-14-26(15-17-28)18-21(29)25-20-10-8-19(24)9-11-20/h8-11H,3-7,12-18H2,1-2H3,(H,25,29). The van der Waals surface area contributed by atoms with Crippen LogP contribution in [0.3, 0.4) is 0 Å². The monoisotopic (exact) mass is 434 g/mol. The van der Waals surface area contributed by atoms with Gasteiger partial charge in [0.1, 0.15) is 5.82 Å². The molecule has 1 heterocycles. The normalized spacial score (nSPS) is 14.4. The van der Waals surface area contributed by atoms with E-state index in [0.29, 0.717) is 51.1 Å². The predicted molar refractivity (Wildman–Crippen MR) is 119 cm³/mol. The molecule has 8 heteroatoms. The minimum absolute atomic E-state index is 0.0701. The number of hydrogen-bond acceptors (Lipinski definition) is 4. The van der Waals surface area contributed by atoms with Crippen LogP contribution in [0.4, 0.5) is 10.1 Å². The molecule has 2 rings (SSSR count). The van der Waals surface area contributed by atoms with E-state index in [9.17, 15) is 18.8 Å². The highest BCUT2D eigenvalue weighted by atomic mass is 19.1. The Morgan fingerprint density at radius 2 is 1.58 bits per heavy atom. The van der Waals surface area contributed by atoms with Crippen molar-refractivity contribution in [2.45, 2.75) is 46.0 Å². The largest absolute Gasteiger partial charge is 0.343 e. The number of carbonyl (C=O) groups excluding carboxylic acids is 3. The molecule has 1 aliphatic heterocycles. The van der Waals surface area contributed by atoms with Crippen LogP contribution in [0.2, 0.25) is 0 Å². The van der Waals surface area contributed by atoms with Crippen LogP contribution in [0.5, 0.6) is 0 Å². The smallest absolute Gasteiger partial charge is 0.238 e. The topological polar surface area (TPSA) is 73.0 Å². The fourth-order valence-corrected chi connectivity index (χ4v) is 3.70. The highest BCUT2D eigenvalue weighted by Gasteiger charge is 2.22. The SMILES string of the molecule is CCCN(CCC)C(=O)CCCC(=O)N1CCN(CC(=O)Nc2ccc(F)cc2)CC1. The van der Waals surface area contributed by atoms with Gasteiger partial charge in [-0.05, 0) is 43.5 Å². The molecule has 172 valence electrons. The summed E-state index contributed by atoms with van der Waals surface area (Å²) in [5.74, 6) is -0.301. The van der Waals surface area contributed by atoms with Crippen molar-refractivity contribution < 1.29 is 18.8 Å². The maximum atomic E-state index is 12.9. The highest BCUT2D eigenvalue weighted by Crippen LogP contribution is 2.10. The molecule has 1 N–H and O–H groups in total. The Morgan fingerprint density at radius 3 is 2.16 bits per heavy atom. The number of anilines is 1. The molecule has 0 aromatic heterocycles. The molecular formula is C23H35FN4O3. The van der Waals surface area contributed by atoms with Gasteiger partial charge in [0.05, 0.1) is 6.54 Å². The van der Waals surface area contributed by atoms with Crippen molar-refractivity contribution in [1.82, 2.24) is 14.7 Å². The summed E-state index contributed by atoms with van der Waals surface area (Å²) in [5, 5.41) is 2.75. The molecule has 0 atom stereocenters. The lowest BCUT2D eigenvalue weighted by Gasteiger charge is -2.34. The molecule has 0 unspecified atom stereocenters. The maximum absolute atomic E-state index is 12.9. The number of nitrogens with zero attached hydrogens (tertiary/aromatic N) is 3. The van der Waals surface area contributed by atoms with Crippen LogP contribution in [0, 0.1) is 5.82 Å². The number of nitrogens with one attached hydrogen (secondary N) is 1. The predicted octanol–water partition coefficient (Wildman–Crippen LogP) is 2.73. The van der Waals surface area contributed by atoms with Gasteiger partial charge in [-0.3, -0.25) is 19.3 Å². The van der Waals surface area contributed by atoms with E-state index in [0.717, 1.165) is 25.9 Å². The van der Waals surface area contributed by atoms with Crippen LogP contribution >= 0.6 is 0 Å². The average Bonchev–Trinajstić information content (AvgIpc) is 2.75. The zero-order valence-electron chi connectivity index (χ0n) is 18.7. The lowest BCUT2D eigenvalue weighted by atomic mass is 10.2. The highest BCUT2D eigenvalue weighted by molar-refractivity contribution is 5.92. The lowest BCUT2D eigenvalue weighted by Crippen LogP contribution is -2.50. The summed E-state index contributed by atoms with van der Waals surface area (Å²) < 4.78 is 12.9. The van der Waals surface area contributed by atoms with Crippen LogP contribution in [0.25, 0.3) is 0 Å². The zero-order chi connectivity index (χ0) is 22.6. The Balaban J connectivity index is 1.66. The Bertz CT molecular complexity index is 712. The maximum Gasteiger partial charge on any atom is 0.238 e. The van der Waals surface area contributed by atoms with E-state index in [1.807, 2.05) is 14.7 Å². The summed E-state index contributed by atoms with van der Waals surface area (Å²) in [5.41, 5.74) is 0.561. The molecule has 31 heavy (non-hydrogen) atoms. The van der Waals surface area contributed by atoms with E-state index in [1.165, 1.54) is 24.3 Å². The van der Waals surface area contributed by atoms with Crippen LogP contribution in [0.15, 0.2) is 24.3 Å². The second kappa shape index (κ2) is 13.0. The first kappa shape index (κ1) is 24.8. The van der Waals surface area contributed by atoms with Crippen molar-refractivity contribution in [2.24, 2.45) is 0 Å². The molecular weight excluding hydrogens is 399 g/mol. The number of halogens is 1. The quantitative estimate of drug-likeness (QED) is 0.581. The average molecular weight is 435 g/mol. The molecule has 0 radical (unpaired) electrons. The third-order valence-electron chi connectivity index (χ3n) is 5.34. The minimum atomic E-state index is -0.345. The van der Waals surface area contributed by atoms with E-state index in [1.54, 1.807) is 0 Å². The fourth-order valence-electron chi connectivity index (χ4n) is 3.70. The van der Waals surface area contributed by atoms with Gasteiger partial charge in [-0.25, -0.2) is 4.39 Å². The van der Waals surface area contributed by atoms with Crippen molar-refractivity contribution in [2.75, 3.05) is 51.1 Å². The minimum Gasteiger partial charge on any atom is -0.343 e. The van der Waals surface area contributed by atoms with Crippen molar-refractivity contribution in [3.05, 3.63) is 30.1 Å². The van der Waals surface area contributed by atoms with Gasteiger partial charge in [-0.2, -0.15) is 0 Å². The Kier molecular flexibility index (Phi) is 10.4. The summed E-state index contributed by atoms with van der Waals surface area (Å²) in [6.07, 6.45) is 3.24. The summed E-state index contributed by atoms with van der Waals surface area (Å²) in [6.45, 7) is 8.32. The second-order valence-electron chi connectivity index (χ2n) is 7.95. The third kappa shape index (κ3) is 8.65. The molecule has 7 nitrogen and oxygen atoms in total. The zero-order valence-corrected chi connectivity index (χ0v) is 18.7. The number of amides is 3. The van der Waals surface area contributed by atoms with Crippen LogP contribution < -0.4 is 5.32 Å². The number of hydrogen-bond donors (Lipinski definition) is 1. The van der Waals surface area contributed by atoms with Crippen LogP contribution in [-0.2, 0) is 14.4 Å². The van der Waals surface area contributed by atoms with Gasteiger partial charge in [0.2, 0.25) is 17.7 Å². The fraction of sp³-hybridized carbons (Fsp3) is 0.609. The summed E-state index contributed by atoms with van der Waals surface area (Å²) >= 11 is 0. The summed E-state index contributed by atoms with van der Waals surface area (Å²) in [4.78, 5) is 42.7. The van der Waals surface area contributed by atoms with Gasteiger partial charge in [0.15, 0.2) is 0 Å². The molecule has 0 saturated carbocycles. The first-order chi connectivity index (χ1) is 14.9. The van der Waals surface area contributed by atoms with Gasteiger partial charge in [0.25, 0.3) is 0 Å². The number of benzene rings is 1. The van der Waals surface area contributed by atoms with Crippen LogP contribution in [-0.4, -0.2) is 78.2 Å². The molecule has 0 spiro atoms. The second-order valence-corrected chi connectivity index (χ2v) is 7.95. The Labute approximate surface area is 184 Å². The molecule has 0 aliphatic carbocycles. The molecule has 1 fully saturated rings. The Hall–Kier alpha value is -2.48. The van der Waals surface area contributed by atoms with E-state index in [4.69, 9.17) is 0 Å². The number of rotatable bonds is 11. The van der Waals surface area contributed by atoms with E-state index in [-0.39, 0.29) is 30.1 Å². The van der Waals surface area contributed by atoms with Crippen molar-refractivity contribution >= 4 is 23.4 Å². The summed E-state index contributed by atoms with van der Waals surface area (Å²) in [7, 11) is 0. The molecule has 1 aromatic carbocycles. The third-order valence-corrected chi connectivity index (χ3v) is 5.34. The van der Waals surface area contributed by atoms with E-state index in [2.05, 4.69) is 19.2 Å². The van der Waals surface area contributed by atoms with Gasteiger partial charge in [0, 0.05) is 57.8 Å². The molecule has 3 amide bonds. The summed E-state index contributed by atoms with van der Waals surface area (Å²) in [6, 6.07) is 5.66. The number of piperazine rings is 1. The van der Waals surface area contributed by atoms with Gasteiger partial charge in [-0.15, -0.1) is 0 Å². The molecule has 1 saturated heterocycles. The van der Waals surface area contributed by atoms with Gasteiger partial charge < -0.3 is 15.1 Å². The Morgan fingerprint density at radius 1 is 0.968 bits per heavy atom. The van der Waals surface area contributed by atoms with Gasteiger partial charge in [-0.1, -0.05) is 13.8 Å². The first-order valence-corrected chi connectivity index (χ1v) is 11.3. The molecule has 1 aliphatic rings. The van der Waals surface area contributed by atoms with E-state index >= 15 is 0 Å². The van der Waals surface area contributed by atoms with Gasteiger partial charge >= 0.3 is 0 Å². The van der Waals surface area contributed by atoms with E-state index < -0.39 is 0 Å². The van der Waals surface area contributed by atoms with Crippen molar-refractivity contribution in [1.29, 1.82) is 0 Å². The lowest BCUT2D eigenvalue weighted by molar-refractivity contribution is -0.134. The van der Waals surface area contributed by atoms with Crippen molar-refractivity contribution in [3.8, 4) is 0 Å². The van der Waals surface area contributed by atoms with Crippen LogP contribution in [0.1, 0.15) is 46.0 Å².